The van der Waals surface area contributed by atoms with E-state index in [1.165, 1.54) is 0 Å². The molecule has 0 aliphatic heterocycles. The summed E-state index contributed by atoms with van der Waals surface area (Å²) in [4.78, 5) is 15.4. The van der Waals surface area contributed by atoms with Crippen LogP contribution in [0.4, 0.5) is 0 Å². The molecule has 1 amide bonds. The van der Waals surface area contributed by atoms with E-state index >= 15 is 0 Å². The summed E-state index contributed by atoms with van der Waals surface area (Å²) in [6, 6.07) is 0. The molecule has 0 aliphatic carbocycles. The fraction of sp³-hybridized carbons (Fsp3) is 0.667. The Labute approximate surface area is 88.9 Å². The third-order valence-corrected chi connectivity index (χ3v) is 1.96. The fourth-order valence-corrected chi connectivity index (χ4v) is 1.21. The molecule has 0 saturated carbocycles. The van der Waals surface area contributed by atoms with Crippen molar-refractivity contribution in [3.05, 3.63) is 11.6 Å². The van der Waals surface area contributed by atoms with Gasteiger partial charge in [0, 0.05) is 6.54 Å². The van der Waals surface area contributed by atoms with Crippen LogP contribution in [0.2, 0.25) is 0 Å². The standard InChI is InChI=1S/C9H17N5O/c1-6(4-10-3)5-11-9(15)8-12-7(2)13-14-8/h6,10H,4-5H2,1-3H3,(H,11,15)(H,12,13,14). The zero-order valence-corrected chi connectivity index (χ0v) is 9.29. The molecule has 6 nitrogen and oxygen atoms in total. The summed E-state index contributed by atoms with van der Waals surface area (Å²) in [5.74, 6) is 0.994. The molecule has 0 aliphatic rings. The van der Waals surface area contributed by atoms with E-state index < -0.39 is 0 Å². The molecule has 6 heteroatoms. The summed E-state index contributed by atoms with van der Waals surface area (Å²) in [5, 5.41) is 12.2. The predicted octanol–water partition coefficient (Wildman–Crippen LogP) is -0.302. The molecule has 0 spiro atoms. The smallest absolute Gasteiger partial charge is 0.290 e. The number of amides is 1. The van der Waals surface area contributed by atoms with E-state index in [9.17, 15) is 4.79 Å². The molecular formula is C9H17N5O. The summed E-state index contributed by atoms with van der Waals surface area (Å²) in [6.07, 6.45) is 0. The zero-order valence-electron chi connectivity index (χ0n) is 9.29. The van der Waals surface area contributed by atoms with E-state index in [4.69, 9.17) is 0 Å². The van der Waals surface area contributed by atoms with Gasteiger partial charge in [-0.2, -0.15) is 0 Å². The maximum absolute atomic E-state index is 11.5. The Hall–Kier alpha value is -1.43. The molecule has 0 aromatic carbocycles. The van der Waals surface area contributed by atoms with E-state index in [0.717, 1.165) is 6.54 Å². The van der Waals surface area contributed by atoms with E-state index in [1.807, 2.05) is 7.05 Å². The number of H-pyrrole nitrogens is 1. The molecule has 0 bridgehead atoms. The lowest BCUT2D eigenvalue weighted by Crippen LogP contribution is -2.32. The minimum absolute atomic E-state index is 0.198. The van der Waals surface area contributed by atoms with Crippen molar-refractivity contribution in [2.75, 3.05) is 20.1 Å². The van der Waals surface area contributed by atoms with Crippen molar-refractivity contribution >= 4 is 5.91 Å². The van der Waals surface area contributed by atoms with Gasteiger partial charge in [0.2, 0.25) is 5.82 Å². The Morgan fingerprint density at radius 3 is 2.80 bits per heavy atom. The van der Waals surface area contributed by atoms with Crippen LogP contribution < -0.4 is 10.6 Å². The van der Waals surface area contributed by atoms with Gasteiger partial charge in [0.05, 0.1) is 0 Å². The molecule has 1 rings (SSSR count). The monoisotopic (exact) mass is 211 g/mol. The summed E-state index contributed by atoms with van der Waals surface area (Å²) in [7, 11) is 1.89. The van der Waals surface area contributed by atoms with E-state index in [-0.39, 0.29) is 11.7 Å². The Kier molecular flexibility index (Phi) is 4.23. The van der Waals surface area contributed by atoms with E-state index in [2.05, 4.69) is 32.7 Å². The van der Waals surface area contributed by atoms with Crippen LogP contribution in [0.15, 0.2) is 0 Å². The average molecular weight is 211 g/mol. The lowest BCUT2D eigenvalue weighted by atomic mass is 10.2. The lowest BCUT2D eigenvalue weighted by molar-refractivity contribution is 0.0938. The molecular weight excluding hydrogens is 194 g/mol. The van der Waals surface area contributed by atoms with Crippen molar-refractivity contribution in [1.82, 2.24) is 25.8 Å². The quantitative estimate of drug-likeness (QED) is 0.624. The topological polar surface area (TPSA) is 82.7 Å². The van der Waals surface area contributed by atoms with Crippen molar-refractivity contribution < 1.29 is 4.79 Å². The van der Waals surface area contributed by atoms with Gasteiger partial charge < -0.3 is 10.6 Å². The summed E-state index contributed by atoms with van der Waals surface area (Å²) >= 11 is 0. The van der Waals surface area contributed by atoms with Crippen molar-refractivity contribution in [3.63, 3.8) is 0 Å². The number of nitrogens with one attached hydrogen (secondary N) is 3. The Bertz CT molecular complexity index is 322. The number of aromatic nitrogens is 3. The lowest BCUT2D eigenvalue weighted by Gasteiger charge is -2.10. The second-order valence-corrected chi connectivity index (χ2v) is 3.62. The Morgan fingerprint density at radius 1 is 1.53 bits per heavy atom. The predicted molar refractivity (Wildman–Crippen MR) is 56.5 cm³/mol. The van der Waals surface area contributed by atoms with Gasteiger partial charge in [-0.1, -0.05) is 6.92 Å². The number of nitrogens with zero attached hydrogens (tertiary/aromatic N) is 2. The molecule has 0 fully saturated rings. The van der Waals surface area contributed by atoms with Gasteiger partial charge in [-0.25, -0.2) is 4.98 Å². The molecule has 15 heavy (non-hydrogen) atoms. The maximum Gasteiger partial charge on any atom is 0.290 e. The van der Waals surface area contributed by atoms with Gasteiger partial charge in [0.25, 0.3) is 5.91 Å². The molecule has 1 aromatic rings. The van der Waals surface area contributed by atoms with Crippen LogP contribution in [0.5, 0.6) is 0 Å². The van der Waals surface area contributed by atoms with Gasteiger partial charge in [-0.15, -0.1) is 5.10 Å². The largest absolute Gasteiger partial charge is 0.349 e. The molecule has 0 radical (unpaired) electrons. The molecule has 1 unspecified atom stereocenters. The number of hydrogen-bond donors (Lipinski definition) is 3. The first-order valence-electron chi connectivity index (χ1n) is 4.95. The highest BCUT2D eigenvalue weighted by Gasteiger charge is 2.11. The van der Waals surface area contributed by atoms with Crippen molar-refractivity contribution in [3.8, 4) is 0 Å². The van der Waals surface area contributed by atoms with Crippen LogP contribution >= 0.6 is 0 Å². The molecule has 84 valence electrons. The first-order chi connectivity index (χ1) is 7.13. The molecule has 1 heterocycles. The molecule has 3 N–H and O–H groups in total. The SMILES string of the molecule is CNCC(C)CNC(=O)c1n[nH]c(C)n1. The second-order valence-electron chi connectivity index (χ2n) is 3.62. The van der Waals surface area contributed by atoms with Crippen LogP contribution in [0.3, 0.4) is 0 Å². The average Bonchev–Trinajstić information content (AvgIpc) is 2.62. The fourth-order valence-electron chi connectivity index (χ4n) is 1.21. The third-order valence-electron chi connectivity index (χ3n) is 1.96. The summed E-state index contributed by atoms with van der Waals surface area (Å²) in [5.41, 5.74) is 0. The Morgan fingerprint density at radius 2 is 2.27 bits per heavy atom. The molecule has 0 saturated heterocycles. The zero-order chi connectivity index (χ0) is 11.3. The number of carbonyl (C=O) groups is 1. The van der Waals surface area contributed by atoms with Crippen LogP contribution in [0, 0.1) is 12.8 Å². The van der Waals surface area contributed by atoms with Crippen molar-refractivity contribution in [1.29, 1.82) is 0 Å². The van der Waals surface area contributed by atoms with Gasteiger partial charge in [-0.05, 0) is 26.4 Å². The summed E-state index contributed by atoms with van der Waals surface area (Å²) in [6.45, 7) is 5.30. The minimum Gasteiger partial charge on any atom is -0.349 e. The van der Waals surface area contributed by atoms with Crippen molar-refractivity contribution in [2.45, 2.75) is 13.8 Å². The first kappa shape index (κ1) is 11.6. The van der Waals surface area contributed by atoms with Gasteiger partial charge in [-0.3, -0.25) is 9.89 Å². The van der Waals surface area contributed by atoms with Gasteiger partial charge >= 0.3 is 0 Å². The normalized spacial score (nSPS) is 12.5. The van der Waals surface area contributed by atoms with Crippen LogP contribution in [0.1, 0.15) is 23.4 Å². The van der Waals surface area contributed by atoms with Crippen LogP contribution in [0.25, 0.3) is 0 Å². The number of carbonyl (C=O) groups excluding carboxylic acids is 1. The highest BCUT2D eigenvalue weighted by Crippen LogP contribution is 1.93. The highest BCUT2D eigenvalue weighted by molar-refractivity contribution is 5.90. The third kappa shape index (κ3) is 3.67. The maximum atomic E-state index is 11.5. The van der Waals surface area contributed by atoms with Crippen LogP contribution in [-0.4, -0.2) is 41.2 Å². The minimum atomic E-state index is -0.234. The highest BCUT2D eigenvalue weighted by atomic mass is 16.2. The van der Waals surface area contributed by atoms with Gasteiger partial charge in [0.15, 0.2) is 0 Å². The summed E-state index contributed by atoms with van der Waals surface area (Å²) < 4.78 is 0. The second kappa shape index (κ2) is 5.45. The first-order valence-corrected chi connectivity index (χ1v) is 4.95. The number of rotatable bonds is 5. The Balaban J connectivity index is 2.36. The molecule has 1 aromatic heterocycles. The van der Waals surface area contributed by atoms with E-state index in [1.54, 1.807) is 6.92 Å². The van der Waals surface area contributed by atoms with Crippen LogP contribution in [-0.2, 0) is 0 Å². The van der Waals surface area contributed by atoms with Crippen molar-refractivity contribution in [2.24, 2.45) is 5.92 Å². The van der Waals surface area contributed by atoms with Gasteiger partial charge in [0.1, 0.15) is 5.82 Å². The van der Waals surface area contributed by atoms with E-state index in [0.29, 0.717) is 18.3 Å². The number of hydrogen-bond acceptors (Lipinski definition) is 4. The number of aryl methyl sites for hydroxylation is 1. The molecule has 1 atom stereocenters. The number of aromatic amines is 1.